The van der Waals surface area contributed by atoms with Crippen LogP contribution in [-0.4, -0.2) is 10.5 Å². The molecule has 3 aromatic rings. The minimum absolute atomic E-state index is 0.0805. The van der Waals surface area contributed by atoms with Crippen LogP contribution in [0.15, 0.2) is 59.5 Å². The highest BCUT2D eigenvalue weighted by Crippen LogP contribution is 2.15. The maximum Gasteiger partial charge on any atom is 0.257 e. The van der Waals surface area contributed by atoms with Crippen molar-refractivity contribution in [2.75, 3.05) is 0 Å². The van der Waals surface area contributed by atoms with E-state index < -0.39 is 23.0 Å². The van der Waals surface area contributed by atoms with E-state index in [1.807, 2.05) is 30.3 Å². The number of ether oxygens (including phenoxy) is 1. The Morgan fingerprint density at radius 1 is 1.14 bits per heavy atom. The van der Waals surface area contributed by atoms with E-state index in [0.29, 0.717) is 5.69 Å². The molecule has 1 N–H and O–H groups in total. The van der Waals surface area contributed by atoms with Gasteiger partial charge in [0.1, 0.15) is 23.8 Å². The molecule has 1 amide bonds. The molecule has 29 heavy (non-hydrogen) atoms. The number of benzene rings is 2. The molecular weight excluding hydrogens is 378 g/mol. The second-order valence-electron chi connectivity index (χ2n) is 6.59. The number of pyridine rings is 1. The molecule has 0 aliphatic rings. The molecule has 150 valence electrons. The van der Waals surface area contributed by atoms with Crippen molar-refractivity contribution in [3.8, 4) is 5.75 Å². The second-order valence-corrected chi connectivity index (χ2v) is 6.59. The van der Waals surface area contributed by atoms with E-state index >= 15 is 0 Å². The van der Waals surface area contributed by atoms with Crippen LogP contribution >= 0.6 is 0 Å². The van der Waals surface area contributed by atoms with Gasteiger partial charge in [-0.15, -0.1) is 0 Å². The van der Waals surface area contributed by atoms with Crippen molar-refractivity contribution in [2.45, 2.75) is 20.1 Å². The number of nitrogens with zero attached hydrogens (tertiary/aromatic N) is 1. The van der Waals surface area contributed by atoms with Gasteiger partial charge in [-0.05, 0) is 18.6 Å². The molecule has 1 heterocycles. The van der Waals surface area contributed by atoms with E-state index in [1.54, 1.807) is 18.5 Å². The number of hydrogen-bond acceptors (Lipinski definition) is 3. The Kier molecular flexibility index (Phi) is 6.07. The summed E-state index contributed by atoms with van der Waals surface area (Å²) in [6.45, 7) is 1.72. The third-order valence-electron chi connectivity index (χ3n) is 4.56. The summed E-state index contributed by atoms with van der Waals surface area (Å²) in [4.78, 5) is 25.3. The Morgan fingerprint density at radius 3 is 2.55 bits per heavy atom. The van der Waals surface area contributed by atoms with Gasteiger partial charge in [-0.25, -0.2) is 8.78 Å². The minimum atomic E-state index is -0.769. The first-order chi connectivity index (χ1) is 13.9. The van der Waals surface area contributed by atoms with E-state index in [-0.39, 0.29) is 30.0 Å². The molecule has 0 spiro atoms. The van der Waals surface area contributed by atoms with Gasteiger partial charge >= 0.3 is 0 Å². The fourth-order valence-electron chi connectivity index (χ4n) is 2.79. The van der Waals surface area contributed by atoms with Gasteiger partial charge in [0.15, 0.2) is 5.75 Å². The van der Waals surface area contributed by atoms with E-state index in [1.165, 1.54) is 12.3 Å². The molecule has 0 aliphatic heterocycles. The molecule has 3 rings (SSSR count). The van der Waals surface area contributed by atoms with Crippen LogP contribution in [0.4, 0.5) is 8.78 Å². The van der Waals surface area contributed by atoms with Crippen LogP contribution < -0.4 is 15.5 Å². The number of hydrogen-bond donors (Lipinski definition) is 1. The third kappa shape index (κ3) is 4.68. The number of nitrogens with one attached hydrogen (secondary N) is 1. The molecule has 0 radical (unpaired) electrons. The Bertz CT molecular complexity index is 1100. The number of carbonyl (C=O) groups is 1. The van der Waals surface area contributed by atoms with Gasteiger partial charge in [-0.2, -0.15) is 0 Å². The van der Waals surface area contributed by atoms with Crippen molar-refractivity contribution in [3.63, 3.8) is 0 Å². The summed E-state index contributed by atoms with van der Waals surface area (Å²) in [5.41, 5.74) is 0.907. The lowest BCUT2D eigenvalue weighted by Gasteiger charge is -2.14. The molecule has 0 bridgehead atoms. The van der Waals surface area contributed by atoms with Crippen LogP contribution in [-0.2, 0) is 20.2 Å². The number of aromatic nitrogens is 1. The average molecular weight is 398 g/mol. The highest BCUT2D eigenvalue weighted by molar-refractivity contribution is 5.94. The third-order valence-corrected chi connectivity index (χ3v) is 4.56. The summed E-state index contributed by atoms with van der Waals surface area (Å²) in [6.07, 6.45) is 1.41. The largest absolute Gasteiger partial charge is 0.483 e. The lowest BCUT2D eigenvalue weighted by atomic mass is 10.1. The van der Waals surface area contributed by atoms with Crippen LogP contribution in [0.1, 0.15) is 27.2 Å². The molecule has 7 heteroatoms. The number of amides is 1. The molecule has 0 saturated carbocycles. The molecular formula is C22H20F2N2O3. The van der Waals surface area contributed by atoms with Crippen LogP contribution in [0, 0.1) is 18.6 Å². The summed E-state index contributed by atoms with van der Waals surface area (Å²) >= 11 is 0. The summed E-state index contributed by atoms with van der Waals surface area (Å²) in [7, 11) is 1.70. The van der Waals surface area contributed by atoms with Gasteiger partial charge in [-0.3, -0.25) is 9.59 Å². The lowest BCUT2D eigenvalue weighted by molar-refractivity contribution is 0.0948. The molecule has 1 aromatic heterocycles. The van der Waals surface area contributed by atoms with Gasteiger partial charge < -0.3 is 14.6 Å². The Labute approximate surface area is 166 Å². The smallest absolute Gasteiger partial charge is 0.257 e. The first kappa shape index (κ1) is 20.3. The van der Waals surface area contributed by atoms with E-state index in [2.05, 4.69) is 5.32 Å². The quantitative estimate of drug-likeness (QED) is 0.692. The predicted octanol–water partition coefficient (Wildman–Crippen LogP) is 3.48. The summed E-state index contributed by atoms with van der Waals surface area (Å²) in [5, 5.41) is 2.49. The zero-order valence-corrected chi connectivity index (χ0v) is 16.0. The topological polar surface area (TPSA) is 60.3 Å². The second kappa shape index (κ2) is 8.68. The Morgan fingerprint density at radius 2 is 1.86 bits per heavy atom. The fourth-order valence-corrected chi connectivity index (χ4v) is 2.79. The van der Waals surface area contributed by atoms with E-state index in [0.717, 1.165) is 17.7 Å². The highest BCUT2D eigenvalue weighted by Gasteiger charge is 2.18. The number of rotatable bonds is 6. The van der Waals surface area contributed by atoms with Gasteiger partial charge in [0.25, 0.3) is 5.91 Å². The first-order valence-electron chi connectivity index (χ1n) is 8.96. The molecule has 0 aliphatic carbocycles. The average Bonchev–Trinajstić information content (AvgIpc) is 2.70. The molecule has 0 atom stereocenters. The predicted molar refractivity (Wildman–Crippen MR) is 105 cm³/mol. The van der Waals surface area contributed by atoms with E-state index in [4.69, 9.17) is 4.74 Å². The molecule has 0 unspecified atom stereocenters. The monoisotopic (exact) mass is 398 g/mol. The molecule has 2 aromatic carbocycles. The molecule has 0 fully saturated rings. The van der Waals surface area contributed by atoms with Crippen molar-refractivity contribution in [2.24, 2.45) is 7.05 Å². The number of halogens is 2. The molecule has 5 nitrogen and oxygen atoms in total. The van der Waals surface area contributed by atoms with Crippen molar-refractivity contribution in [1.82, 2.24) is 9.88 Å². The first-order valence-corrected chi connectivity index (χ1v) is 8.96. The minimum Gasteiger partial charge on any atom is -0.483 e. The number of carbonyl (C=O) groups excluding carboxylic acids is 1. The van der Waals surface area contributed by atoms with Gasteiger partial charge in [0.2, 0.25) is 5.43 Å². The van der Waals surface area contributed by atoms with Gasteiger partial charge in [0.05, 0.1) is 5.69 Å². The zero-order valence-electron chi connectivity index (χ0n) is 16.0. The maximum atomic E-state index is 13.7. The Balaban J connectivity index is 1.80. The maximum absolute atomic E-state index is 13.7. The van der Waals surface area contributed by atoms with Crippen molar-refractivity contribution in [1.29, 1.82) is 0 Å². The SMILES string of the molecule is Cc1c(OCc2ccccc2)c(=O)c(C(=O)NCc2ccc(F)cc2F)cn1C. The summed E-state index contributed by atoms with van der Waals surface area (Å²) in [6, 6.07) is 12.4. The van der Waals surface area contributed by atoms with Gasteiger partial charge in [0, 0.05) is 31.4 Å². The van der Waals surface area contributed by atoms with E-state index in [9.17, 15) is 18.4 Å². The van der Waals surface area contributed by atoms with Crippen LogP contribution in [0.2, 0.25) is 0 Å². The lowest BCUT2D eigenvalue weighted by Crippen LogP contribution is -2.30. The van der Waals surface area contributed by atoms with Crippen molar-refractivity contribution in [3.05, 3.63) is 99.0 Å². The fraction of sp³-hybridized carbons (Fsp3) is 0.182. The highest BCUT2D eigenvalue weighted by atomic mass is 19.1. The molecule has 0 saturated heterocycles. The van der Waals surface area contributed by atoms with Crippen LogP contribution in [0.25, 0.3) is 0 Å². The Hall–Kier alpha value is -3.48. The summed E-state index contributed by atoms with van der Waals surface area (Å²) < 4.78 is 34.1. The van der Waals surface area contributed by atoms with Crippen molar-refractivity contribution >= 4 is 5.91 Å². The van der Waals surface area contributed by atoms with Crippen LogP contribution in [0.3, 0.4) is 0 Å². The normalized spacial score (nSPS) is 10.6. The standard InChI is InChI=1S/C22H20F2N2O3/c1-14-21(29-13-15-6-4-3-5-7-15)20(27)18(12-26(14)2)22(28)25-11-16-8-9-17(23)10-19(16)24/h3-10,12H,11,13H2,1-2H3,(H,25,28). The zero-order chi connectivity index (χ0) is 21.0. The summed E-state index contributed by atoms with van der Waals surface area (Å²) in [5.74, 6) is -2.06. The van der Waals surface area contributed by atoms with Crippen LogP contribution in [0.5, 0.6) is 5.75 Å². The van der Waals surface area contributed by atoms with Crippen molar-refractivity contribution < 1.29 is 18.3 Å². The van der Waals surface area contributed by atoms with Gasteiger partial charge in [-0.1, -0.05) is 36.4 Å². The number of aryl methyl sites for hydroxylation is 1.